The van der Waals surface area contributed by atoms with E-state index in [9.17, 15) is 9.59 Å². The van der Waals surface area contributed by atoms with E-state index in [0.29, 0.717) is 11.1 Å². The second kappa shape index (κ2) is 11.2. The van der Waals surface area contributed by atoms with Gasteiger partial charge in [-0.1, -0.05) is 39.5 Å². The van der Waals surface area contributed by atoms with Crippen LogP contribution in [0.3, 0.4) is 0 Å². The van der Waals surface area contributed by atoms with E-state index in [2.05, 4.69) is 38.1 Å². The third kappa shape index (κ3) is 5.58. The van der Waals surface area contributed by atoms with E-state index in [4.69, 9.17) is 0 Å². The first kappa shape index (κ1) is 23.8. The summed E-state index contributed by atoms with van der Waals surface area (Å²) in [5.74, 6) is 0. The summed E-state index contributed by atoms with van der Waals surface area (Å²) in [6, 6.07) is 8.58. The standard InChI is InChI=1S/C26H28O2S4/c1-3-5-7-9-17-11-13-21(29-17)23-15-19(25(27)31-23)20-16-24(32-26(20)28)22-14-12-18(30-22)10-8-6-4-2/h11-16H,3-10H2,1-2H3/b20-19+. The summed E-state index contributed by atoms with van der Waals surface area (Å²) in [5, 5.41) is -0.0392. The number of carbonyl (C=O) groups is 2. The number of aryl methyl sites for hydroxylation is 2. The normalized spacial score (nSPS) is 18.6. The van der Waals surface area contributed by atoms with Crippen LogP contribution in [0.5, 0.6) is 0 Å². The van der Waals surface area contributed by atoms with Gasteiger partial charge in [-0.15, -0.1) is 22.7 Å². The fourth-order valence-corrected chi connectivity index (χ4v) is 7.82. The highest BCUT2D eigenvalue weighted by Gasteiger charge is 2.31. The molecular weight excluding hydrogens is 473 g/mol. The lowest BCUT2D eigenvalue weighted by Crippen LogP contribution is -1.98. The molecule has 4 heterocycles. The van der Waals surface area contributed by atoms with Crippen LogP contribution in [-0.2, 0) is 22.4 Å². The second-order valence-corrected chi connectivity index (χ2v) is 12.4. The van der Waals surface area contributed by atoms with Crippen molar-refractivity contribution in [3.63, 3.8) is 0 Å². The Labute approximate surface area is 207 Å². The van der Waals surface area contributed by atoms with Gasteiger partial charge in [0, 0.05) is 40.5 Å². The van der Waals surface area contributed by atoms with Gasteiger partial charge >= 0.3 is 0 Å². The molecule has 2 aromatic rings. The van der Waals surface area contributed by atoms with Crippen LogP contribution in [0.15, 0.2) is 47.6 Å². The summed E-state index contributed by atoms with van der Waals surface area (Å²) < 4.78 is 0. The SMILES string of the molecule is CCCCCc1ccc(C2=C/C(=C3/C=C(c4ccc(CCCCC)s4)SC3=O)C(=O)S2)s1. The molecule has 0 amide bonds. The van der Waals surface area contributed by atoms with Crippen molar-refractivity contribution in [3.8, 4) is 0 Å². The predicted octanol–water partition coefficient (Wildman–Crippen LogP) is 8.50. The van der Waals surface area contributed by atoms with E-state index < -0.39 is 0 Å². The van der Waals surface area contributed by atoms with Crippen molar-refractivity contribution in [1.29, 1.82) is 0 Å². The van der Waals surface area contributed by atoms with Crippen molar-refractivity contribution in [3.05, 3.63) is 67.1 Å². The molecular formula is C26H28O2S4. The van der Waals surface area contributed by atoms with E-state index in [-0.39, 0.29) is 10.2 Å². The number of allylic oxidation sites excluding steroid dienone is 2. The minimum atomic E-state index is -0.0196. The molecule has 0 spiro atoms. The quantitative estimate of drug-likeness (QED) is 0.242. The van der Waals surface area contributed by atoms with E-state index in [1.165, 1.54) is 71.8 Å². The van der Waals surface area contributed by atoms with Gasteiger partial charge in [-0.2, -0.15) is 0 Å². The maximum absolute atomic E-state index is 12.8. The highest BCUT2D eigenvalue weighted by Crippen LogP contribution is 2.46. The summed E-state index contributed by atoms with van der Waals surface area (Å²) in [5.41, 5.74) is 1.11. The molecule has 4 rings (SSSR count). The summed E-state index contributed by atoms with van der Waals surface area (Å²) in [7, 11) is 0. The molecule has 2 aromatic heterocycles. The molecule has 2 nitrogen and oxygen atoms in total. The molecule has 0 saturated heterocycles. The first-order valence-corrected chi connectivity index (χ1v) is 14.7. The lowest BCUT2D eigenvalue weighted by molar-refractivity contribution is -0.109. The lowest BCUT2D eigenvalue weighted by atomic mass is 10.1. The van der Waals surface area contributed by atoms with Crippen molar-refractivity contribution >= 4 is 66.2 Å². The van der Waals surface area contributed by atoms with Gasteiger partial charge in [-0.05, 0) is 85.6 Å². The predicted molar refractivity (Wildman–Crippen MR) is 143 cm³/mol. The number of rotatable bonds is 10. The molecule has 0 N–H and O–H groups in total. The second-order valence-electron chi connectivity index (χ2n) is 8.07. The van der Waals surface area contributed by atoms with Crippen LogP contribution >= 0.6 is 46.2 Å². The fraction of sp³-hybridized carbons (Fsp3) is 0.385. The Morgan fingerprint density at radius 3 is 1.47 bits per heavy atom. The summed E-state index contributed by atoms with van der Waals surface area (Å²) in [4.78, 5) is 32.5. The third-order valence-corrected chi connectivity index (χ3v) is 10.1. The summed E-state index contributed by atoms with van der Waals surface area (Å²) in [6.45, 7) is 4.43. The topological polar surface area (TPSA) is 34.1 Å². The van der Waals surface area contributed by atoms with Gasteiger partial charge in [0.15, 0.2) is 0 Å². The average Bonchev–Trinajstić information content (AvgIpc) is 3.55. The Bertz CT molecular complexity index is 1010. The van der Waals surface area contributed by atoms with E-state index in [1.807, 2.05) is 12.2 Å². The van der Waals surface area contributed by atoms with E-state index in [1.54, 1.807) is 22.7 Å². The number of hydrogen-bond acceptors (Lipinski definition) is 6. The van der Waals surface area contributed by atoms with Crippen molar-refractivity contribution in [1.82, 2.24) is 0 Å². The van der Waals surface area contributed by atoms with E-state index >= 15 is 0 Å². The Kier molecular flexibility index (Phi) is 8.32. The first-order chi connectivity index (χ1) is 15.6. The molecule has 0 unspecified atom stereocenters. The highest BCUT2D eigenvalue weighted by molar-refractivity contribution is 8.23. The molecule has 0 aliphatic carbocycles. The summed E-state index contributed by atoms with van der Waals surface area (Å²) in [6.07, 6.45) is 13.4. The number of thiophene rings is 2. The molecule has 2 aliphatic heterocycles. The monoisotopic (exact) mass is 500 g/mol. The van der Waals surface area contributed by atoms with Gasteiger partial charge in [0.05, 0.1) is 0 Å². The molecule has 168 valence electrons. The Morgan fingerprint density at radius 2 is 1.06 bits per heavy atom. The van der Waals surface area contributed by atoms with Gasteiger partial charge in [0.1, 0.15) is 0 Å². The first-order valence-electron chi connectivity index (χ1n) is 11.4. The maximum atomic E-state index is 12.8. The van der Waals surface area contributed by atoms with E-state index in [0.717, 1.165) is 32.4 Å². The Balaban J connectivity index is 1.52. The zero-order valence-electron chi connectivity index (χ0n) is 18.6. The number of thioether (sulfide) groups is 2. The van der Waals surface area contributed by atoms with Crippen molar-refractivity contribution in [2.75, 3.05) is 0 Å². The maximum Gasteiger partial charge on any atom is 0.224 e. The van der Waals surface area contributed by atoms with Crippen molar-refractivity contribution in [2.45, 2.75) is 65.2 Å². The molecule has 2 aliphatic rings. The molecule has 0 bridgehead atoms. The Hall–Kier alpha value is -1.34. The Morgan fingerprint density at radius 1 is 0.625 bits per heavy atom. The van der Waals surface area contributed by atoms with Gasteiger partial charge in [-0.25, -0.2) is 0 Å². The molecule has 0 saturated carbocycles. The van der Waals surface area contributed by atoms with Crippen LogP contribution in [-0.4, -0.2) is 10.2 Å². The molecule has 0 fully saturated rings. The largest absolute Gasteiger partial charge is 0.281 e. The molecule has 6 heteroatoms. The molecule has 32 heavy (non-hydrogen) atoms. The van der Waals surface area contributed by atoms with Gasteiger partial charge in [-0.3, -0.25) is 9.59 Å². The van der Waals surface area contributed by atoms with Gasteiger partial charge in [0.25, 0.3) is 0 Å². The smallest absolute Gasteiger partial charge is 0.224 e. The van der Waals surface area contributed by atoms with Crippen LogP contribution in [0.25, 0.3) is 9.81 Å². The highest BCUT2D eigenvalue weighted by atomic mass is 32.2. The summed E-state index contributed by atoms with van der Waals surface area (Å²) >= 11 is 6.05. The van der Waals surface area contributed by atoms with Crippen LogP contribution in [0.1, 0.15) is 71.9 Å². The number of carbonyl (C=O) groups excluding carboxylic acids is 2. The average molecular weight is 501 g/mol. The lowest BCUT2D eigenvalue weighted by Gasteiger charge is -1.96. The fourth-order valence-electron chi connectivity index (χ4n) is 3.75. The molecule has 0 atom stereocenters. The van der Waals surface area contributed by atoms with Crippen molar-refractivity contribution in [2.24, 2.45) is 0 Å². The zero-order chi connectivity index (χ0) is 22.5. The van der Waals surface area contributed by atoms with Crippen LogP contribution in [0, 0.1) is 0 Å². The van der Waals surface area contributed by atoms with Crippen LogP contribution < -0.4 is 0 Å². The van der Waals surface area contributed by atoms with Gasteiger partial charge < -0.3 is 0 Å². The minimum absolute atomic E-state index is 0.0196. The van der Waals surface area contributed by atoms with Gasteiger partial charge in [0.2, 0.25) is 10.2 Å². The minimum Gasteiger partial charge on any atom is -0.281 e. The zero-order valence-corrected chi connectivity index (χ0v) is 21.8. The van der Waals surface area contributed by atoms with Crippen LogP contribution in [0.2, 0.25) is 0 Å². The van der Waals surface area contributed by atoms with Crippen molar-refractivity contribution < 1.29 is 9.59 Å². The van der Waals surface area contributed by atoms with Crippen LogP contribution in [0.4, 0.5) is 0 Å². The number of unbranched alkanes of at least 4 members (excludes halogenated alkanes) is 4. The third-order valence-electron chi connectivity index (χ3n) is 5.55. The molecule has 0 aromatic carbocycles. The number of hydrogen-bond donors (Lipinski definition) is 0. The molecule has 0 radical (unpaired) electrons.